The van der Waals surface area contributed by atoms with E-state index in [1.54, 1.807) is 24.3 Å². The topological polar surface area (TPSA) is 58.2 Å². The minimum Gasteiger partial charge on any atom is -0.313 e. The molecule has 4 nitrogen and oxygen atoms in total. The first-order valence-electron chi connectivity index (χ1n) is 6.59. The van der Waals surface area contributed by atoms with Crippen LogP contribution in [0.4, 0.5) is 5.69 Å². The summed E-state index contributed by atoms with van der Waals surface area (Å²) in [6.07, 6.45) is 0. The summed E-state index contributed by atoms with van der Waals surface area (Å²) in [6.45, 7) is 3.65. The number of hydrogen-bond donors (Lipinski definition) is 2. The Balaban J connectivity index is 2.15. The van der Waals surface area contributed by atoms with E-state index in [2.05, 4.69) is 32.6 Å². The van der Waals surface area contributed by atoms with Crippen molar-refractivity contribution in [1.29, 1.82) is 0 Å². The van der Waals surface area contributed by atoms with Gasteiger partial charge in [0.05, 0.1) is 4.90 Å². The Morgan fingerprint density at radius 3 is 2.43 bits per heavy atom. The van der Waals surface area contributed by atoms with Crippen molar-refractivity contribution in [2.24, 2.45) is 0 Å². The first-order valence-corrected chi connectivity index (χ1v) is 9.15. The lowest BCUT2D eigenvalue weighted by atomic mass is 10.2. The highest BCUT2D eigenvalue weighted by molar-refractivity contribution is 14.1. The van der Waals surface area contributed by atoms with Crippen LogP contribution in [0.1, 0.15) is 12.5 Å². The van der Waals surface area contributed by atoms with Crippen molar-refractivity contribution in [1.82, 2.24) is 5.32 Å². The molecule has 0 saturated carbocycles. The maximum Gasteiger partial charge on any atom is 0.261 e. The molecule has 0 spiro atoms. The van der Waals surface area contributed by atoms with Gasteiger partial charge in [-0.25, -0.2) is 8.42 Å². The van der Waals surface area contributed by atoms with Crippen molar-refractivity contribution in [3.05, 3.63) is 57.7 Å². The van der Waals surface area contributed by atoms with Gasteiger partial charge in [-0.05, 0) is 65.0 Å². The molecule has 0 aromatic heterocycles. The zero-order chi connectivity index (χ0) is 15.3. The van der Waals surface area contributed by atoms with Crippen LogP contribution in [0.2, 0.25) is 0 Å². The van der Waals surface area contributed by atoms with Crippen molar-refractivity contribution in [2.45, 2.75) is 18.4 Å². The molecule has 0 aliphatic rings. The summed E-state index contributed by atoms with van der Waals surface area (Å²) in [5, 5.41) is 3.20. The third-order valence-electron chi connectivity index (χ3n) is 2.89. The van der Waals surface area contributed by atoms with E-state index in [-0.39, 0.29) is 4.90 Å². The van der Waals surface area contributed by atoms with Crippen LogP contribution >= 0.6 is 22.6 Å². The molecule has 2 aromatic rings. The average molecular weight is 416 g/mol. The van der Waals surface area contributed by atoms with Gasteiger partial charge in [0.1, 0.15) is 0 Å². The van der Waals surface area contributed by atoms with Crippen LogP contribution in [-0.4, -0.2) is 15.0 Å². The molecule has 0 atom stereocenters. The normalized spacial score (nSPS) is 11.3. The van der Waals surface area contributed by atoms with Crippen LogP contribution in [0.5, 0.6) is 0 Å². The SMILES string of the molecule is CCNCc1ccc(S(=O)(=O)Nc2cccc(I)c2)cc1. The summed E-state index contributed by atoms with van der Waals surface area (Å²) >= 11 is 2.15. The molecule has 0 aliphatic carbocycles. The molecule has 0 unspecified atom stereocenters. The fraction of sp³-hybridized carbons (Fsp3) is 0.200. The third kappa shape index (κ3) is 4.69. The number of benzene rings is 2. The van der Waals surface area contributed by atoms with Gasteiger partial charge in [0.25, 0.3) is 10.0 Å². The molecule has 0 aliphatic heterocycles. The van der Waals surface area contributed by atoms with Crippen LogP contribution in [0.25, 0.3) is 0 Å². The third-order valence-corrected chi connectivity index (χ3v) is 4.96. The maximum atomic E-state index is 12.3. The summed E-state index contributed by atoms with van der Waals surface area (Å²) < 4.78 is 28.2. The molecular weight excluding hydrogens is 399 g/mol. The predicted octanol–water partition coefficient (Wildman–Crippen LogP) is 3.20. The molecule has 0 heterocycles. The van der Waals surface area contributed by atoms with Gasteiger partial charge >= 0.3 is 0 Å². The van der Waals surface area contributed by atoms with Crippen LogP contribution in [0.15, 0.2) is 53.4 Å². The average Bonchev–Trinajstić information content (AvgIpc) is 2.45. The highest BCUT2D eigenvalue weighted by Gasteiger charge is 2.13. The van der Waals surface area contributed by atoms with Gasteiger partial charge in [0.15, 0.2) is 0 Å². The molecule has 21 heavy (non-hydrogen) atoms. The fourth-order valence-electron chi connectivity index (χ4n) is 1.82. The van der Waals surface area contributed by atoms with Crippen molar-refractivity contribution in [3.8, 4) is 0 Å². The first kappa shape index (κ1) is 16.3. The Morgan fingerprint density at radius 1 is 1.10 bits per heavy atom. The van der Waals surface area contributed by atoms with Gasteiger partial charge in [0, 0.05) is 15.8 Å². The lowest BCUT2D eigenvalue weighted by molar-refractivity contribution is 0.601. The van der Waals surface area contributed by atoms with Crippen LogP contribution in [0.3, 0.4) is 0 Å². The number of halogens is 1. The molecule has 0 radical (unpaired) electrons. The minimum absolute atomic E-state index is 0.265. The highest BCUT2D eigenvalue weighted by Crippen LogP contribution is 2.18. The fourth-order valence-corrected chi connectivity index (χ4v) is 3.41. The van der Waals surface area contributed by atoms with E-state index in [1.165, 1.54) is 0 Å². The Labute approximate surface area is 139 Å². The quantitative estimate of drug-likeness (QED) is 0.712. The van der Waals surface area contributed by atoms with E-state index in [4.69, 9.17) is 0 Å². The Hall–Kier alpha value is -1.12. The molecule has 2 N–H and O–H groups in total. The van der Waals surface area contributed by atoms with Crippen molar-refractivity contribution in [3.63, 3.8) is 0 Å². The van der Waals surface area contributed by atoms with Crippen LogP contribution < -0.4 is 10.0 Å². The van der Waals surface area contributed by atoms with E-state index >= 15 is 0 Å². The number of hydrogen-bond acceptors (Lipinski definition) is 3. The first-order chi connectivity index (χ1) is 10.0. The van der Waals surface area contributed by atoms with Crippen molar-refractivity contribution < 1.29 is 8.42 Å². The van der Waals surface area contributed by atoms with Gasteiger partial charge in [0.2, 0.25) is 0 Å². The molecule has 112 valence electrons. The lowest BCUT2D eigenvalue weighted by Gasteiger charge is -2.09. The van der Waals surface area contributed by atoms with Crippen molar-refractivity contribution >= 4 is 38.3 Å². The van der Waals surface area contributed by atoms with E-state index < -0.39 is 10.0 Å². The zero-order valence-electron chi connectivity index (χ0n) is 11.6. The Bertz CT molecular complexity index is 700. The Morgan fingerprint density at radius 2 is 1.81 bits per heavy atom. The number of anilines is 1. The monoisotopic (exact) mass is 416 g/mol. The summed E-state index contributed by atoms with van der Waals surface area (Å²) in [4.78, 5) is 0.265. The smallest absolute Gasteiger partial charge is 0.261 e. The van der Waals surface area contributed by atoms with Crippen LogP contribution in [0, 0.1) is 3.57 Å². The highest BCUT2D eigenvalue weighted by atomic mass is 127. The lowest BCUT2D eigenvalue weighted by Crippen LogP contribution is -2.14. The largest absolute Gasteiger partial charge is 0.313 e. The van der Waals surface area contributed by atoms with Gasteiger partial charge in [-0.3, -0.25) is 4.72 Å². The maximum absolute atomic E-state index is 12.3. The molecule has 6 heteroatoms. The summed E-state index contributed by atoms with van der Waals surface area (Å²) in [5.41, 5.74) is 1.63. The van der Waals surface area contributed by atoms with E-state index in [9.17, 15) is 8.42 Å². The predicted molar refractivity (Wildman–Crippen MR) is 93.8 cm³/mol. The molecule has 2 rings (SSSR count). The molecule has 2 aromatic carbocycles. The molecular formula is C15H17IN2O2S. The van der Waals surface area contributed by atoms with E-state index in [0.717, 1.165) is 22.2 Å². The minimum atomic E-state index is -3.54. The Kier molecular flexibility index (Phi) is 5.60. The second kappa shape index (κ2) is 7.24. The second-order valence-electron chi connectivity index (χ2n) is 4.54. The second-order valence-corrected chi connectivity index (χ2v) is 7.47. The standard InChI is InChI=1S/C15H17IN2O2S/c1-2-17-11-12-6-8-15(9-7-12)21(19,20)18-14-5-3-4-13(16)10-14/h3-10,17-18H,2,11H2,1H3. The molecule has 0 amide bonds. The van der Waals surface area contributed by atoms with E-state index in [0.29, 0.717) is 5.69 Å². The summed E-state index contributed by atoms with van der Waals surface area (Å²) in [7, 11) is -3.54. The van der Waals surface area contributed by atoms with E-state index in [1.807, 2.05) is 31.2 Å². The summed E-state index contributed by atoms with van der Waals surface area (Å²) in [6, 6.07) is 14.2. The summed E-state index contributed by atoms with van der Waals surface area (Å²) in [5.74, 6) is 0. The van der Waals surface area contributed by atoms with Crippen LogP contribution in [-0.2, 0) is 16.6 Å². The van der Waals surface area contributed by atoms with Gasteiger partial charge in [-0.15, -0.1) is 0 Å². The van der Waals surface area contributed by atoms with Crippen molar-refractivity contribution in [2.75, 3.05) is 11.3 Å². The van der Waals surface area contributed by atoms with Gasteiger partial charge in [-0.1, -0.05) is 25.1 Å². The zero-order valence-corrected chi connectivity index (χ0v) is 14.6. The van der Waals surface area contributed by atoms with Gasteiger partial charge in [-0.2, -0.15) is 0 Å². The van der Waals surface area contributed by atoms with Gasteiger partial charge < -0.3 is 5.32 Å². The number of sulfonamides is 1. The number of nitrogens with one attached hydrogen (secondary N) is 2. The molecule has 0 fully saturated rings. The number of rotatable bonds is 6. The molecule has 0 bridgehead atoms. The molecule has 0 saturated heterocycles.